The zero-order chi connectivity index (χ0) is 25.6. The Kier molecular flexibility index (Phi) is 8.85. The second-order valence-electron chi connectivity index (χ2n) is 11.8. The molecular weight excluding hydrogens is 460 g/mol. The van der Waals surface area contributed by atoms with E-state index in [9.17, 15) is 4.79 Å². The Bertz CT molecular complexity index is 1030. The van der Waals surface area contributed by atoms with E-state index in [1.165, 1.54) is 64.2 Å². The van der Waals surface area contributed by atoms with Gasteiger partial charge in [0.2, 0.25) is 5.91 Å². The van der Waals surface area contributed by atoms with Gasteiger partial charge in [-0.15, -0.1) is 0 Å². The van der Waals surface area contributed by atoms with E-state index in [4.69, 9.17) is 10.5 Å². The number of piperidine rings is 1. The van der Waals surface area contributed by atoms with Gasteiger partial charge in [-0.2, -0.15) is 0 Å². The highest BCUT2D eigenvalue weighted by Crippen LogP contribution is 2.38. The summed E-state index contributed by atoms with van der Waals surface area (Å²) in [6, 6.07) is 8.54. The Morgan fingerprint density at radius 2 is 1.78 bits per heavy atom. The number of nitrogens with two attached hydrogens (primary N) is 1. The highest BCUT2D eigenvalue weighted by Gasteiger charge is 2.33. The minimum Gasteiger partial charge on any atom is -0.493 e. The number of amides is 1. The first-order valence-electron chi connectivity index (χ1n) is 14.9. The molecule has 6 nitrogen and oxygen atoms in total. The first-order valence-corrected chi connectivity index (χ1v) is 14.9. The summed E-state index contributed by atoms with van der Waals surface area (Å²) >= 11 is 0. The van der Waals surface area contributed by atoms with Gasteiger partial charge in [-0.3, -0.25) is 4.79 Å². The third-order valence-electron chi connectivity index (χ3n) is 9.34. The molecule has 2 heterocycles. The molecule has 0 spiro atoms. The maximum absolute atomic E-state index is 13.5. The van der Waals surface area contributed by atoms with Gasteiger partial charge in [-0.1, -0.05) is 32.1 Å². The lowest BCUT2D eigenvalue weighted by molar-refractivity contribution is -0.137. The molecule has 2 saturated carbocycles. The van der Waals surface area contributed by atoms with E-state index in [0.717, 1.165) is 54.2 Å². The maximum Gasteiger partial charge on any atom is 0.239 e. The van der Waals surface area contributed by atoms with E-state index in [1.54, 1.807) is 6.20 Å². The van der Waals surface area contributed by atoms with Gasteiger partial charge < -0.3 is 20.7 Å². The predicted molar refractivity (Wildman–Crippen MR) is 151 cm³/mol. The number of hydrogen-bond donors (Lipinski definition) is 2. The van der Waals surface area contributed by atoms with Crippen LogP contribution in [0.1, 0.15) is 90.4 Å². The number of benzene rings is 1. The van der Waals surface area contributed by atoms with Crippen LogP contribution in [0.3, 0.4) is 0 Å². The van der Waals surface area contributed by atoms with E-state index < -0.39 is 0 Å². The average Bonchev–Trinajstić information content (AvgIpc) is 2.94. The minimum absolute atomic E-state index is 0.114. The molecule has 37 heavy (non-hydrogen) atoms. The van der Waals surface area contributed by atoms with E-state index in [-0.39, 0.29) is 18.0 Å². The molecular formula is C31H46N4O2. The van der Waals surface area contributed by atoms with Crippen LogP contribution in [0, 0.1) is 11.8 Å². The number of nitrogens with zero attached hydrogens (tertiary/aromatic N) is 2. The Labute approximate surface area is 222 Å². The number of nitrogen functional groups attached to an aromatic ring is 1. The smallest absolute Gasteiger partial charge is 0.239 e. The number of fused-ring (bicyclic) bond motifs is 1. The zero-order valence-electron chi connectivity index (χ0n) is 22.7. The van der Waals surface area contributed by atoms with Crippen molar-refractivity contribution in [2.24, 2.45) is 11.8 Å². The summed E-state index contributed by atoms with van der Waals surface area (Å²) < 4.78 is 6.11. The Morgan fingerprint density at radius 3 is 2.59 bits per heavy atom. The summed E-state index contributed by atoms with van der Waals surface area (Å²) in [5.41, 5.74) is 5.97. The Hall–Kier alpha value is -2.34. The van der Waals surface area contributed by atoms with Crippen LogP contribution in [0.2, 0.25) is 0 Å². The lowest BCUT2D eigenvalue weighted by atomic mass is 9.72. The van der Waals surface area contributed by atoms with Crippen LogP contribution in [0.4, 0.5) is 5.82 Å². The summed E-state index contributed by atoms with van der Waals surface area (Å²) in [6.45, 7) is 3.55. The van der Waals surface area contributed by atoms with Gasteiger partial charge in [-0.05, 0) is 93.4 Å². The number of carbonyl (C=O) groups excluding carboxylic acids is 1. The van der Waals surface area contributed by atoms with Crippen LogP contribution in [0.15, 0.2) is 30.5 Å². The molecule has 1 aromatic heterocycles. The van der Waals surface area contributed by atoms with E-state index in [1.807, 2.05) is 24.3 Å². The first kappa shape index (κ1) is 26.3. The highest BCUT2D eigenvalue weighted by molar-refractivity contribution is 5.91. The molecule has 202 valence electrons. The number of anilines is 1. The molecule has 0 bridgehead atoms. The molecule has 1 saturated heterocycles. The average molecular weight is 507 g/mol. The summed E-state index contributed by atoms with van der Waals surface area (Å²) in [5, 5.41) is 5.71. The van der Waals surface area contributed by atoms with Gasteiger partial charge >= 0.3 is 0 Å². The number of likely N-dealkylation sites (tertiary alicyclic amines) is 1. The van der Waals surface area contributed by atoms with Crippen molar-refractivity contribution in [3.63, 3.8) is 0 Å². The lowest BCUT2D eigenvalue weighted by Gasteiger charge is -2.39. The summed E-state index contributed by atoms with van der Waals surface area (Å²) in [4.78, 5) is 19.8. The molecule has 1 unspecified atom stereocenters. The summed E-state index contributed by atoms with van der Waals surface area (Å²) in [6.07, 6.45) is 18.3. The van der Waals surface area contributed by atoms with Crippen LogP contribution in [-0.4, -0.2) is 47.1 Å². The second kappa shape index (κ2) is 12.5. The van der Waals surface area contributed by atoms with Gasteiger partial charge in [0.1, 0.15) is 11.6 Å². The molecule has 3 aliphatic rings. The lowest BCUT2D eigenvalue weighted by Crippen LogP contribution is -2.53. The number of hydrogen-bond acceptors (Lipinski definition) is 5. The second-order valence-corrected chi connectivity index (χ2v) is 11.8. The number of ether oxygens (including phenoxy) is 1. The van der Waals surface area contributed by atoms with Crippen LogP contribution in [0.5, 0.6) is 5.75 Å². The van der Waals surface area contributed by atoms with E-state index >= 15 is 0 Å². The molecule has 1 amide bonds. The molecule has 3 N–H and O–H groups in total. The van der Waals surface area contributed by atoms with E-state index in [2.05, 4.69) is 22.1 Å². The molecule has 1 aromatic carbocycles. The Morgan fingerprint density at radius 1 is 1.03 bits per heavy atom. The molecule has 3 fully saturated rings. The molecule has 1 aliphatic heterocycles. The quantitative estimate of drug-likeness (QED) is 0.453. The third kappa shape index (κ3) is 6.57. The highest BCUT2D eigenvalue weighted by atomic mass is 16.5. The third-order valence-corrected chi connectivity index (χ3v) is 9.34. The van der Waals surface area contributed by atoms with Crippen molar-refractivity contribution in [2.75, 3.05) is 18.9 Å². The molecule has 2 atom stereocenters. The standard InChI is InChI=1S/C31H46N4O2/c1-22(34-26-12-10-24(11-13-26)23-7-3-2-4-8-23)31(36)35-19-6-5-9-27(35)17-20-37-28-14-15-29-25(21-28)16-18-33-30(29)32/h14-16,18,21-24,26-27,34H,2-13,17,19-20H2,1H3,(H2,32,33)/t22-,24?,26?,27?/m0/s1. The number of rotatable bonds is 8. The first-order chi connectivity index (χ1) is 18.1. The van der Waals surface area contributed by atoms with Crippen LogP contribution < -0.4 is 15.8 Å². The van der Waals surface area contributed by atoms with Gasteiger partial charge in [0.05, 0.1) is 12.6 Å². The zero-order valence-corrected chi connectivity index (χ0v) is 22.7. The molecule has 5 rings (SSSR count). The number of nitrogens with one attached hydrogen (secondary N) is 1. The van der Waals surface area contributed by atoms with Crippen molar-refractivity contribution < 1.29 is 9.53 Å². The predicted octanol–water partition coefficient (Wildman–Crippen LogP) is 6.08. The minimum atomic E-state index is -0.114. The molecule has 2 aliphatic carbocycles. The van der Waals surface area contributed by atoms with Crippen molar-refractivity contribution in [1.82, 2.24) is 15.2 Å². The van der Waals surface area contributed by atoms with Gasteiger partial charge in [0, 0.05) is 36.6 Å². The van der Waals surface area contributed by atoms with E-state index in [0.29, 0.717) is 18.5 Å². The molecule has 0 radical (unpaired) electrons. The largest absolute Gasteiger partial charge is 0.493 e. The van der Waals surface area contributed by atoms with Crippen LogP contribution >= 0.6 is 0 Å². The van der Waals surface area contributed by atoms with Crippen molar-refractivity contribution in [1.29, 1.82) is 0 Å². The molecule has 6 heteroatoms. The maximum atomic E-state index is 13.5. The monoisotopic (exact) mass is 506 g/mol. The fourth-order valence-corrected chi connectivity index (χ4v) is 7.21. The van der Waals surface area contributed by atoms with Gasteiger partial charge in [0.15, 0.2) is 0 Å². The van der Waals surface area contributed by atoms with Gasteiger partial charge in [-0.25, -0.2) is 4.98 Å². The van der Waals surface area contributed by atoms with Crippen LogP contribution in [-0.2, 0) is 4.79 Å². The van der Waals surface area contributed by atoms with Crippen molar-refractivity contribution >= 4 is 22.5 Å². The summed E-state index contributed by atoms with van der Waals surface area (Å²) in [5.74, 6) is 3.54. The summed E-state index contributed by atoms with van der Waals surface area (Å²) in [7, 11) is 0. The Balaban J connectivity index is 1.09. The topological polar surface area (TPSA) is 80.5 Å². The van der Waals surface area contributed by atoms with Crippen molar-refractivity contribution in [3.8, 4) is 5.75 Å². The fourth-order valence-electron chi connectivity index (χ4n) is 7.21. The normalized spacial score (nSPS) is 26.2. The van der Waals surface area contributed by atoms with Crippen molar-refractivity contribution in [3.05, 3.63) is 30.5 Å². The van der Waals surface area contributed by atoms with Crippen molar-refractivity contribution in [2.45, 2.75) is 109 Å². The number of pyridine rings is 1. The molecule has 2 aromatic rings. The van der Waals surface area contributed by atoms with Gasteiger partial charge in [0.25, 0.3) is 0 Å². The van der Waals surface area contributed by atoms with Crippen LogP contribution in [0.25, 0.3) is 10.8 Å². The SMILES string of the molecule is C[C@H](NC1CCC(C2CCCCC2)CC1)C(=O)N1CCCCC1CCOc1ccc2c(N)nccc2c1. The fraction of sp³-hybridized carbons (Fsp3) is 0.677. The number of carbonyl (C=O) groups is 1. The number of aromatic nitrogens is 1.